The van der Waals surface area contributed by atoms with Crippen molar-refractivity contribution >= 4 is 17.3 Å². The summed E-state index contributed by atoms with van der Waals surface area (Å²) in [4.78, 5) is 7.62. The van der Waals surface area contributed by atoms with Crippen LogP contribution in [0.3, 0.4) is 0 Å². The molecule has 1 aromatic heterocycles. The highest BCUT2D eigenvalue weighted by Crippen LogP contribution is 2.19. The summed E-state index contributed by atoms with van der Waals surface area (Å²) in [6, 6.07) is 3.09. The van der Waals surface area contributed by atoms with Crippen molar-refractivity contribution in [3.05, 3.63) is 42.2 Å². The van der Waals surface area contributed by atoms with Crippen molar-refractivity contribution in [3.63, 3.8) is 0 Å². The molecule has 0 unspecified atom stereocenters. The number of nitrogens with two attached hydrogens (primary N) is 1. The monoisotopic (exact) mass is 222 g/mol. The van der Waals surface area contributed by atoms with Crippen molar-refractivity contribution in [3.8, 4) is 0 Å². The number of hydrogen-bond acceptors (Lipinski definition) is 4. The van der Waals surface area contributed by atoms with Gasteiger partial charge in [-0.05, 0) is 12.1 Å². The third-order valence-corrected chi connectivity index (χ3v) is 1.84. The average molecular weight is 222 g/mol. The molecule has 0 spiro atoms. The lowest BCUT2D eigenvalue weighted by molar-refractivity contribution is 0.603. The molecule has 6 heteroatoms. The van der Waals surface area contributed by atoms with Gasteiger partial charge in [-0.25, -0.2) is 13.8 Å². The van der Waals surface area contributed by atoms with Crippen molar-refractivity contribution in [2.45, 2.75) is 0 Å². The van der Waals surface area contributed by atoms with E-state index in [0.717, 1.165) is 18.2 Å². The first-order valence-corrected chi connectivity index (χ1v) is 4.45. The van der Waals surface area contributed by atoms with Gasteiger partial charge in [0.2, 0.25) is 0 Å². The Morgan fingerprint density at radius 3 is 2.75 bits per heavy atom. The van der Waals surface area contributed by atoms with Crippen LogP contribution in [0.15, 0.2) is 30.6 Å². The Bertz CT molecular complexity index is 516. The first kappa shape index (κ1) is 10.3. The van der Waals surface area contributed by atoms with Gasteiger partial charge in [-0.2, -0.15) is 0 Å². The van der Waals surface area contributed by atoms with E-state index in [1.165, 1.54) is 12.4 Å². The summed E-state index contributed by atoms with van der Waals surface area (Å²) in [7, 11) is 0. The van der Waals surface area contributed by atoms with Crippen LogP contribution in [-0.2, 0) is 0 Å². The summed E-state index contributed by atoms with van der Waals surface area (Å²) in [5, 5.41) is 2.59. The molecule has 0 bridgehead atoms. The standard InChI is InChI=1S/C10H8F2N4/c11-6-1-2-7(12)8(3-6)15-10-5-14-4-9(13)16-10/h1-5H,(H3,13,15,16). The van der Waals surface area contributed by atoms with Gasteiger partial charge in [0.05, 0.1) is 18.1 Å². The summed E-state index contributed by atoms with van der Waals surface area (Å²) in [5.41, 5.74) is 5.38. The number of hydrogen-bond donors (Lipinski definition) is 2. The zero-order valence-electron chi connectivity index (χ0n) is 8.11. The normalized spacial score (nSPS) is 10.1. The fourth-order valence-corrected chi connectivity index (χ4v) is 1.17. The minimum Gasteiger partial charge on any atom is -0.382 e. The first-order chi connectivity index (χ1) is 7.65. The highest BCUT2D eigenvalue weighted by molar-refractivity contribution is 5.57. The SMILES string of the molecule is Nc1cncc(Nc2cc(F)ccc2F)n1. The molecule has 0 aliphatic heterocycles. The van der Waals surface area contributed by atoms with Crippen LogP contribution in [0.4, 0.5) is 26.1 Å². The quantitative estimate of drug-likeness (QED) is 0.816. The predicted molar refractivity (Wildman–Crippen MR) is 56.1 cm³/mol. The molecule has 0 aliphatic carbocycles. The number of aromatic nitrogens is 2. The lowest BCUT2D eigenvalue weighted by Crippen LogP contribution is -2.00. The Labute approximate surface area is 90.1 Å². The Balaban J connectivity index is 2.30. The number of rotatable bonds is 2. The molecular formula is C10H8F2N4. The van der Waals surface area contributed by atoms with Crippen molar-refractivity contribution < 1.29 is 8.78 Å². The highest BCUT2D eigenvalue weighted by atomic mass is 19.1. The third-order valence-electron chi connectivity index (χ3n) is 1.84. The van der Waals surface area contributed by atoms with Gasteiger partial charge in [-0.3, -0.25) is 4.98 Å². The minimum atomic E-state index is -0.578. The second-order valence-corrected chi connectivity index (χ2v) is 3.08. The number of nitrogens with one attached hydrogen (secondary N) is 1. The minimum absolute atomic E-state index is 0.0140. The molecule has 1 aromatic carbocycles. The lowest BCUT2D eigenvalue weighted by Gasteiger charge is -2.06. The third kappa shape index (κ3) is 2.22. The van der Waals surface area contributed by atoms with Gasteiger partial charge in [0.15, 0.2) is 5.82 Å². The molecule has 0 atom stereocenters. The molecule has 0 saturated carbocycles. The van der Waals surface area contributed by atoms with Crippen LogP contribution < -0.4 is 11.1 Å². The summed E-state index contributed by atoms with van der Waals surface area (Å²) in [5.74, 6) is -0.669. The maximum Gasteiger partial charge on any atom is 0.151 e. The number of nitrogens with zero attached hydrogens (tertiary/aromatic N) is 2. The van der Waals surface area contributed by atoms with Gasteiger partial charge in [-0.1, -0.05) is 0 Å². The molecule has 0 aliphatic rings. The van der Waals surface area contributed by atoms with Crippen molar-refractivity contribution in [2.75, 3.05) is 11.1 Å². The molecule has 0 fully saturated rings. The van der Waals surface area contributed by atoms with E-state index in [9.17, 15) is 8.78 Å². The van der Waals surface area contributed by atoms with Crippen LogP contribution >= 0.6 is 0 Å². The van der Waals surface area contributed by atoms with Crippen LogP contribution in [0.25, 0.3) is 0 Å². The largest absolute Gasteiger partial charge is 0.382 e. The molecule has 3 N–H and O–H groups in total. The molecular weight excluding hydrogens is 214 g/mol. The lowest BCUT2D eigenvalue weighted by atomic mass is 10.3. The number of benzene rings is 1. The van der Waals surface area contributed by atoms with Gasteiger partial charge in [0, 0.05) is 6.07 Å². The zero-order chi connectivity index (χ0) is 11.5. The Morgan fingerprint density at radius 1 is 1.19 bits per heavy atom. The first-order valence-electron chi connectivity index (χ1n) is 4.45. The van der Waals surface area contributed by atoms with Crippen LogP contribution in [0, 0.1) is 11.6 Å². The van der Waals surface area contributed by atoms with Gasteiger partial charge in [0.25, 0.3) is 0 Å². The van der Waals surface area contributed by atoms with Gasteiger partial charge in [0.1, 0.15) is 17.5 Å². The Kier molecular flexibility index (Phi) is 2.63. The van der Waals surface area contributed by atoms with Crippen LogP contribution in [0.5, 0.6) is 0 Å². The topological polar surface area (TPSA) is 63.8 Å². The predicted octanol–water partition coefficient (Wildman–Crippen LogP) is 2.08. The van der Waals surface area contributed by atoms with E-state index in [2.05, 4.69) is 15.3 Å². The molecule has 0 amide bonds. The fraction of sp³-hybridized carbons (Fsp3) is 0. The average Bonchev–Trinajstić information content (AvgIpc) is 2.24. The maximum absolute atomic E-state index is 13.2. The van der Waals surface area contributed by atoms with Crippen molar-refractivity contribution in [1.29, 1.82) is 0 Å². The van der Waals surface area contributed by atoms with Gasteiger partial charge in [-0.15, -0.1) is 0 Å². The second kappa shape index (κ2) is 4.09. The molecule has 0 saturated heterocycles. The molecule has 0 radical (unpaired) electrons. The molecule has 16 heavy (non-hydrogen) atoms. The van der Waals surface area contributed by atoms with Crippen molar-refractivity contribution in [2.24, 2.45) is 0 Å². The van der Waals surface area contributed by atoms with Crippen LogP contribution in [0.1, 0.15) is 0 Å². The molecule has 82 valence electrons. The van der Waals surface area contributed by atoms with Crippen LogP contribution in [-0.4, -0.2) is 9.97 Å². The maximum atomic E-state index is 13.2. The second-order valence-electron chi connectivity index (χ2n) is 3.08. The molecule has 2 rings (SSSR count). The summed E-state index contributed by atoms with van der Waals surface area (Å²) >= 11 is 0. The smallest absolute Gasteiger partial charge is 0.151 e. The fourth-order valence-electron chi connectivity index (χ4n) is 1.17. The molecule has 1 heterocycles. The van der Waals surface area contributed by atoms with E-state index in [0.29, 0.717) is 0 Å². The molecule has 2 aromatic rings. The Morgan fingerprint density at radius 2 is 2.00 bits per heavy atom. The summed E-state index contributed by atoms with van der Waals surface area (Å²) < 4.78 is 26.1. The number of anilines is 3. The van der Waals surface area contributed by atoms with E-state index in [1.807, 2.05) is 0 Å². The highest BCUT2D eigenvalue weighted by Gasteiger charge is 2.05. The van der Waals surface area contributed by atoms with E-state index >= 15 is 0 Å². The van der Waals surface area contributed by atoms with Crippen molar-refractivity contribution in [1.82, 2.24) is 9.97 Å². The zero-order valence-corrected chi connectivity index (χ0v) is 8.11. The van der Waals surface area contributed by atoms with E-state index < -0.39 is 11.6 Å². The molecule has 4 nitrogen and oxygen atoms in total. The van der Waals surface area contributed by atoms with Gasteiger partial charge < -0.3 is 11.1 Å². The number of nitrogen functional groups attached to an aromatic ring is 1. The van der Waals surface area contributed by atoms with Gasteiger partial charge >= 0.3 is 0 Å². The summed E-state index contributed by atoms with van der Waals surface area (Å²) in [6.07, 6.45) is 2.72. The van der Waals surface area contributed by atoms with Crippen LogP contribution in [0.2, 0.25) is 0 Å². The van der Waals surface area contributed by atoms with E-state index in [-0.39, 0.29) is 17.3 Å². The summed E-state index contributed by atoms with van der Waals surface area (Å²) in [6.45, 7) is 0. The number of halogens is 2. The van der Waals surface area contributed by atoms with E-state index in [4.69, 9.17) is 5.73 Å². The Hall–Kier alpha value is -2.24. The van der Waals surface area contributed by atoms with E-state index in [1.54, 1.807) is 0 Å².